The lowest BCUT2D eigenvalue weighted by molar-refractivity contribution is -0.140. The summed E-state index contributed by atoms with van der Waals surface area (Å²) in [5, 5.41) is 18.6. The molecule has 1 aliphatic rings. The predicted octanol–water partition coefficient (Wildman–Crippen LogP) is 1.82. The molecule has 0 radical (unpaired) electrons. The van der Waals surface area contributed by atoms with Crippen molar-refractivity contribution >= 4 is 66.2 Å². The number of carboxylic acids is 1. The highest BCUT2D eigenvalue weighted by Gasteiger charge is 2.28. The number of carboxylic acid groups (broad SMARTS) is 1. The van der Waals surface area contributed by atoms with Gasteiger partial charge in [0, 0.05) is 43.7 Å². The van der Waals surface area contributed by atoms with Crippen LogP contribution < -0.4 is 38.3 Å². The summed E-state index contributed by atoms with van der Waals surface area (Å²) in [5.41, 5.74) is 17.9. The zero-order chi connectivity index (χ0) is 41.1. The van der Waals surface area contributed by atoms with Crippen LogP contribution in [0.5, 0.6) is 0 Å². The molecule has 15 nitrogen and oxygen atoms in total. The Morgan fingerprint density at radius 3 is 1.82 bits per heavy atom. The average molecular weight is 821 g/mol. The van der Waals surface area contributed by atoms with E-state index >= 15 is 0 Å². The summed E-state index contributed by atoms with van der Waals surface area (Å²) in [7, 11) is 0. The summed E-state index contributed by atoms with van der Waals surface area (Å²) >= 11 is 8.72. The minimum Gasteiger partial charge on any atom is -0.481 e. The van der Waals surface area contributed by atoms with E-state index in [9.17, 15) is 33.9 Å². The van der Waals surface area contributed by atoms with Crippen LogP contribution >= 0.6 is 25.3 Å². The smallest absolute Gasteiger partial charge is 0.305 e. The second kappa shape index (κ2) is 29.0. The standard InChI is InChI=1S/C39H64N8O7S2/c40-39(41)44-22-12-15-28-33(48)16-8-3-1-2-4-10-20-43-31(25-55)35(50)18-19-36(51)32(26-56)47-46-29(23-27-13-6-5-7-14-27)34(49)17-9-11-21-42-30(24-37(52)53)38(54)45-28/h5-7,13-14,28-32,42-43,46-47,55-56H,1-4,8-12,15-26H2,(H,45,54)(H,52,53)(H4,40,41,44)/t28-,29-,30-,31-,32-/m0/s1. The minimum absolute atomic E-state index is 0.0249. The van der Waals surface area contributed by atoms with Gasteiger partial charge < -0.3 is 32.5 Å². The third-order valence-corrected chi connectivity index (χ3v) is 10.4. The molecule has 0 spiro atoms. The van der Waals surface area contributed by atoms with Crippen molar-refractivity contribution in [2.24, 2.45) is 16.5 Å². The van der Waals surface area contributed by atoms with Gasteiger partial charge in [-0.15, -0.1) is 0 Å². The molecule has 17 heteroatoms. The Balaban J connectivity index is 2.20. The molecule has 0 unspecified atom stereocenters. The maximum absolute atomic E-state index is 13.5. The van der Waals surface area contributed by atoms with Crippen LogP contribution in [0, 0.1) is 0 Å². The van der Waals surface area contributed by atoms with Crippen molar-refractivity contribution in [1.29, 1.82) is 0 Å². The Labute approximate surface area is 342 Å². The van der Waals surface area contributed by atoms with Gasteiger partial charge in [0.15, 0.2) is 29.1 Å². The Bertz CT molecular complexity index is 1400. The molecule has 1 amide bonds. The number of hydrazine groups is 1. The molecule has 2 rings (SSSR count). The number of benzene rings is 1. The maximum Gasteiger partial charge on any atom is 0.305 e. The SMILES string of the molecule is NC(N)=NCCC[C@@H]1NC(=O)[C@H](CC(=O)O)NCCCCC(=O)[C@H](Cc2ccccc2)NN[C@@H](CS)C(=O)CCC(=O)[C@H](CS)NCCCCCCCCC1=O. The number of thiol groups is 2. The Hall–Kier alpha value is -3.35. The normalized spacial score (nSPS) is 24.6. The van der Waals surface area contributed by atoms with Crippen molar-refractivity contribution in [3.8, 4) is 0 Å². The van der Waals surface area contributed by atoms with Crippen molar-refractivity contribution in [3.05, 3.63) is 35.9 Å². The molecule has 1 aromatic carbocycles. The van der Waals surface area contributed by atoms with Gasteiger partial charge in [-0.1, -0.05) is 56.0 Å². The first-order valence-electron chi connectivity index (χ1n) is 19.9. The van der Waals surface area contributed by atoms with Crippen LogP contribution in [0.1, 0.15) is 102 Å². The number of Topliss-reactive ketones (excluding diaryl/α,β-unsaturated/α-hetero) is 4. The Kier molecular flexibility index (Phi) is 25.2. The monoisotopic (exact) mass is 820 g/mol. The number of rotatable bonds is 10. The van der Waals surface area contributed by atoms with Crippen LogP contribution in [0.3, 0.4) is 0 Å². The predicted molar refractivity (Wildman–Crippen MR) is 225 cm³/mol. The van der Waals surface area contributed by atoms with E-state index in [1.54, 1.807) is 0 Å². The molecular formula is C39H64N8O7S2. The average Bonchev–Trinajstić information content (AvgIpc) is 3.17. The Morgan fingerprint density at radius 1 is 0.679 bits per heavy atom. The number of carbonyl (C=O) groups is 6. The summed E-state index contributed by atoms with van der Waals surface area (Å²) < 4.78 is 0. The van der Waals surface area contributed by atoms with E-state index in [0.717, 1.165) is 37.7 Å². The number of carbonyl (C=O) groups excluding carboxylic acids is 5. The van der Waals surface area contributed by atoms with Crippen LogP contribution in [0.25, 0.3) is 0 Å². The zero-order valence-corrected chi connectivity index (χ0v) is 34.3. The zero-order valence-electron chi connectivity index (χ0n) is 32.5. The van der Waals surface area contributed by atoms with E-state index in [0.29, 0.717) is 50.8 Å². The van der Waals surface area contributed by atoms with Crippen LogP contribution in [0.2, 0.25) is 0 Å². The fourth-order valence-electron chi connectivity index (χ4n) is 6.38. The number of aliphatic imine (C=N–C) groups is 1. The lowest BCUT2D eigenvalue weighted by Gasteiger charge is -2.23. The van der Waals surface area contributed by atoms with Crippen LogP contribution in [-0.4, -0.2) is 107 Å². The fourth-order valence-corrected chi connectivity index (χ4v) is 7.01. The largest absolute Gasteiger partial charge is 0.481 e. The van der Waals surface area contributed by atoms with E-state index in [1.165, 1.54) is 0 Å². The number of nitrogens with zero attached hydrogens (tertiary/aromatic N) is 1. The highest BCUT2D eigenvalue weighted by atomic mass is 32.1. The molecule has 0 aliphatic carbocycles. The number of guanidine groups is 1. The quantitative estimate of drug-likeness (QED) is 0.0702. The third-order valence-electron chi connectivity index (χ3n) is 9.69. The minimum atomic E-state index is -1.17. The molecule has 1 fully saturated rings. The van der Waals surface area contributed by atoms with Gasteiger partial charge in [0.25, 0.3) is 0 Å². The maximum atomic E-state index is 13.5. The first kappa shape index (κ1) is 48.8. The molecule has 0 bridgehead atoms. The number of nitrogens with two attached hydrogens (primary N) is 2. The lowest BCUT2D eigenvalue weighted by Crippen LogP contribution is -2.54. The van der Waals surface area contributed by atoms with Crippen LogP contribution in [-0.2, 0) is 35.2 Å². The number of ketones is 4. The molecule has 0 aromatic heterocycles. The summed E-state index contributed by atoms with van der Waals surface area (Å²) in [4.78, 5) is 82.1. The fraction of sp³-hybridized carbons (Fsp3) is 0.667. The second-order valence-corrected chi connectivity index (χ2v) is 15.0. The van der Waals surface area contributed by atoms with Crippen LogP contribution in [0.15, 0.2) is 35.3 Å². The van der Waals surface area contributed by atoms with Gasteiger partial charge >= 0.3 is 5.97 Å². The number of amides is 1. The van der Waals surface area contributed by atoms with Gasteiger partial charge in [0.1, 0.15) is 0 Å². The molecule has 1 saturated heterocycles. The van der Waals surface area contributed by atoms with Crippen LogP contribution in [0.4, 0.5) is 0 Å². The molecule has 1 heterocycles. The highest BCUT2D eigenvalue weighted by Crippen LogP contribution is 2.13. The molecule has 10 N–H and O–H groups in total. The number of nitrogens with one attached hydrogen (secondary N) is 5. The van der Waals surface area contributed by atoms with E-state index in [1.807, 2.05) is 30.3 Å². The number of hydrogen-bond donors (Lipinski definition) is 10. The molecule has 56 heavy (non-hydrogen) atoms. The van der Waals surface area contributed by atoms with Crippen molar-refractivity contribution in [3.63, 3.8) is 0 Å². The van der Waals surface area contributed by atoms with Crippen molar-refractivity contribution in [2.45, 2.75) is 133 Å². The highest BCUT2D eigenvalue weighted by molar-refractivity contribution is 7.80. The molecule has 5 atom stereocenters. The lowest BCUT2D eigenvalue weighted by atomic mass is 9.99. The molecule has 1 aliphatic heterocycles. The van der Waals surface area contributed by atoms with Gasteiger partial charge in [-0.2, -0.15) is 25.3 Å². The van der Waals surface area contributed by atoms with E-state index in [-0.39, 0.29) is 73.6 Å². The molecule has 0 saturated carbocycles. The van der Waals surface area contributed by atoms with Crippen molar-refractivity contribution in [2.75, 3.05) is 31.1 Å². The second-order valence-electron chi connectivity index (χ2n) is 14.3. The molecule has 1 aromatic rings. The van der Waals surface area contributed by atoms with E-state index < -0.39 is 48.5 Å². The van der Waals surface area contributed by atoms with Gasteiger partial charge in [-0.05, 0) is 63.6 Å². The summed E-state index contributed by atoms with van der Waals surface area (Å²) in [6, 6.07) is 5.67. The first-order valence-corrected chi connectivity index (χ1v) is 21.1. The molecular weight excluding hydrogens is 757 g/mol. The summed E-state index contributed by atoms with van der Waals surface area (Å²) in [5.74, 6) is -1.88. The summed E-state index contributed by atoms with van der Waals surface area (Å²) in [6.45, 7) is 1.17. The number of hydrogen-bond acceptors (Lipinski definition) is 13. The number of aliphatic carboxylic acids is 1. The van der Waals surface area contributed by atoms with Gasteiger partial charge in [0.05, 0.1) is 36.6 Å². The molecule has 314 valence electrons. The summed E-state index contributed by atoms with van der Waals surface area (Å²) in [6.07, 6.45) is 7.19. The Morgan fingerprint density at radius 2 is 1.20 bits per heavy atom. The van der Waals surface area contributed by atoms with Gasteiger partial charge in [0.2, 0.25) is 5.91 Å². The van der Waals surface area contributed by atoms with Gasteiger partial charge in [-0.3, -0.25) is 33.8 Å². The van der Waals surface area contributed by atoms with Crippen molar-refractivity contribution in [1.82, 2.24) is 26.8 Å². The van der Waals surface area contributed by atoms with E-state index in [2.05, 4.69) is 57.1 Å². The third kappa shape index (κ3) is 20.7. The van der Waals surface area contributed by atoms with Gasteiger partial charge in [-0.25, -0.2) is 10.9 Å². The van der Waals surface area contributed by atoms with E-state index in [4.69, 9.17) is 11.5 Å². The van der Waals surface area contributed by atoms with Crippen molar-refractivity contribution < 1.29 is 33.9 Å². The topological polar surface area (TPSA) is 247 Å². The first-order chi connectivity index (χ1) is 26.9.